The van der Waals surface area contributed by atoms with Crippen LogP contribution in [0.2, 0.25) is 0 Å². The van der Waals surface area contributed by atoms with Crippen molar-refractivity contribution in [3.8, 4) is 0 Å². The molecule has 0 bridgehead atoms. The highest BCUT2D eigenvalue weighted by atomic mass is 32.1. The van der Waals surface area contributed by atoms with Crippen LogP contribution in [-0.4, -0.2) is 38.4 Å². The van der Waals surface area contributed by atoms with E-state index in [1.807, 2.05) is 36.5 Å². The van der Waals surface area contributed by atoms with Gasteiger partial charge in [-0.1, -0.05) is 18.2 Å². The minimum atomic E-state index is 0.0241. The van der Waals surface area contributed by atoms with Crippen LogP contribution in [0.3, 0.4) is 0 Å². The molecule has 0 saturated heterocycles. The zero-order valence-electron chi connectivity index (χ0n) is 15.7. The summed E-state index contributed by atoms with van der Waals surface area (Å²) in [5.74, 6) is 1.41. The van der Waals surface area contributed by atoms with Crippen LogP contribution in [0, 0.1) is 0 Å². The molecule has 0 radical (unpaired) electrons. The lowest BCUT2D eigenvalue weighted by Gasteiger charge is -2.38. The molecular weight excluding hydrogens is 370 g/mol. The molecule has 0 fully saturated rings. The van der Waals surface area contributed by atoms with Gasteiger partial charge in [-0.05, 0) is 48.9 Å². The molecule has 3 aromatic rings. The Labute approximate surface area is 169 Å². The number of aryl methyl sites for hydroxylation is 2. The summed E-state index contributed by atoms with van der Waals surface area (Å²) in [6, 6.07) is 10.1. The number of fused-ring (bicyclic) bond motifs is 4. The third-order valence-corrected chi connectivity index (χ3v) is 5.89. The van der Waals surface area contributed by atoms with Crippen molar-refractivity contribution < 1.29 is 0 Å². The zero-order valence-corrected chi connectivity index (χ0v) is 16.6. The van der Waals surface area contributed by atoms with Gasteiger partial charge in [-0.25, -0.2) is 4.98 Å². The smallest absolute Gasteiger partial charge is 0.265 e. The summed E-state index contributed by atoms with van der Waals surface area (Å²) in [6.07, 6.45) is 6.14. The third kappa shape index (κ3) is 2.89. The highest BCUT2D eigenvalue weighted by Gasteiger charge is 2.28. The fourth-order valence-electron chi connectivity index (χ4n) is 4.32. The summed E-state index contributed by atoms with van der Waals surface area (Å²) < 4.78 is 1.80. The first-order chi connectivity index (χ1) is 13.8. The first kappa shape index (κ1) is 17.7. The van der Waals surface area contributed by atoms with E-state index in [0.29, 0.717) is 30.3 Å². The Kier molecular flexibility index (Phi) is 4.56. The van der Waals surface area contributed by atoms with E-state index >= 15 is 0 Å². The van der Waals surface area contributed by atoms with Gasteiger partial charge in [-0.2, -0.15) is 17.6 Å². The lowest BCUT2D eigenvalue weighted by atomic mass is 9.91. The van der Waals surface area contributed by atoms with Crippen LogP contribution in [0.1, 0.15) is 24.0 Å². The van der Waals surface area contributed by atoms with E-state index in [-0.39, 0.29) is 5.56 Å². The van der Waals surface area contributed by atoms with Crippen molar-refractivity contribution in [2.24, 2.45) is 0 Å². The third-order valence-electron chi connectivity index (χ3n) is 5.69. The second-order valence-corrected chi connectivity index (χ2v) is 7.92. The second-order valence-electron chi connectivity index (χ2n) is 7.48. The van der Waals surface area contributed by atoms with Crippen molar-refractivity contribution in [3.63, 3.8) is 0 Å². The van der Waals surface area contributed by atoms with Crippen molar-refractivity contribution in [2.75, 3.05) is 23.9 Å². The fourth-order valence-corrected chi connectivity index (χ4v) is 4.60. The lowest BCUT2D eigenvalue weighted by Crippen LogP contribution is -2.48. The molecule has 1 aliphatic heterocycles. The van der Waals surface area contributed by atoms with Crippen molar-refractivity contribution in [1.29, 1.82) is 0 Å². The minimum Gasteiger partial charge on any atom is -0.298 e. The van der Waals surface area contributed by atoms with Crippen molar-refractivity contribution >= 4 is 35.3 Å². The molecule has 7 heteroatoms. The van der Waals surface area contributed by atoms with E-state index in [1.165, 1.54) is 5.56 Å². The average molecular weight is 394 g/mol. The predicted octanol–water partition coefficient (Wildman–Crippen LogP) is 2.97. The SMILES string of the molecule is O=c1c2c3c(cnc2nc2n1CN(CCS)CN2c1ccccc1)CCCC3. The highest BCUT2D eigenvalue weighted by molar-refractivity contribution is 7.80. The number of nitrogens with zero attached hydrogens (tertiary/aromatic N) is 5. The molecule has 144 valence electrons. The summed E-state index contributed by atoms with van der Waals surface area (Å²) in [4.78, 5) is 27.3. The molecule has 6 nitrogen and oxygen atoms in total. The van der Waals surface area contributed by atoms with Crippen LogP contribution < -0.4 is 10.5 Å². The van der Waals surface area contributed by atoms with Gasteiger partial charge in [0.1, 0.15) is 0 Å². The van der Waals surface area contributed by atoms with Gasteiger partial charge in [0.05, 0.1) is 18.7 Å². The maximum absolute atomic E-state index is 13.6. The van der Waals surface area contributed by atoms with E-state index in [9.17, 15) is 4.79 Å². The van der Waals surface area contributed by atoms with Gasteiger partial charge in [0, 0.05) is 24.2 Å². The number of pyridine rings is 1. The Morgan fingerprint density at radius 1 is 1.07 bits per heavy atom. The summed E-state index contributed by atoms with van der Waals surface area (Å²) in [5.41, 5.74) is 3.98. The summed E-state index contributed by atoms with van der Waals surface area (Å²) >= 11 is 4.39. The minimum absolute atomic E-state index is 0.0241. The number of rotatable bonds is 3. The second kappa shape index (κ2) is 7.22. The fraction of sp³-hybridized carbons (Fsp3) is 0.381. The number of benzene rings is 1. The zero-order chi connectivity index (χ0) is 19.1. The van der Waals surface area contributed by atoms with Gasteiger partial charge >= 0.3 is 0 Å². The van der Waals surface area contributed by atoms with Gasteiger partial charge in [-0.15, -0.1) is 0 Å². The quantitative estimate of drug-likeness (QED) is 0.694. The molecule has 2 aliphatic rings. The Hall–Kier alpha value is -2.38. The molecule has 3 heterocycles. The molecule has 0 saturated carbocycles. The number of hydrogen-bond donors (Lipinski definition) is 1. The Morgan fingerprint density at radius 3 is 2.71 bits per heavy atom. The molecule has 0 unspecified atom stereocenters. The van der Waals surface area contributed by atoms with Crippen molar-refractivity contribution in [3.05, 3.63) is 58.0 Å². The average Bonchev–Trinajstić information content (AvgIpc) is 2.74. The summed E-state index contributed by atoms with van der Waals surface area (Å²) in [5, 5.41) is 0.710. The maximum Gasteiger partial charge on any atom is 0.265 e. The van der Waals surface area contributed by atoms with E-state index in [2.05, 4.69) is 27.4 Å². The maximum atomic E-state index is 13.6. The number of thiol groups is 1. The molecular formula is C21H23N5OS. The van der Waals surface area contributed by atoms with Gasteiger partial charge in [0.15, 0.2) is 5.65 Å². The van der Waals surface area contributed by atoms with Crippen molar-refractivity contribution in [1.82, 2.24) is 19.4 Å². The standard InChI is InChI=1S/C21H23N5OS/c27-20-18-17-9-5-4-6-15(17)12-22-19(18)23-21-25(16-7-2-1-3-8-16)13-24(10-11-28)14-26(20)21/h1-3,7-8,12,28H,4-6,9-11,13-14H2. The Balaban J connectivity index is 1.74. The summed E-state index contributed by atoms with van der Waals surface area (Å²) in [7, 11) is 0. The Morgan fingerprint density at radius 2 is 1.89 bits per heavy atom. The number of aromatic nitrogens is 3. The molecule has 2 aromatic heterocycles. The first-order valence-corrected chi connectivity index (χ1v) is 10.5. The highest BCUT2D eigenvalue weighted by Crippen LogP contribution is 2.30. The molecule has 28 heavy (non-hydrogen) atoms. The van der Waals surface area contributed by atoms with Gasteiger partial charge in [0.2, 0.25) is 5.95 Å². The van der Waals surface area contributed by atoms with E-state index in [1.54, 1.807) is 4.57 Å². The first-order valence-electron chi connectivity index (χ1n) is 9.83. The molecule has 1 aromatic carbocycles. The van der Waals surface area contributed by atoms with Crippen LogP contribution in [0.15, 0.2) is 41.3 Å². The van der Waals surface area contributed by atoms with E-state index in [0.717, 1.165) is 49.2 Å². The number of para-hydroxylation sites is 1. The molecule has 0 atom stereocenters. The number of anilines is 2. The van der Waals surface area contributed by atoms with Crippen molar-refractivity contribution in [2.45, 2.75) is 32.4 Å². The molecule has 0 amide bonds. The van der Waals surface area contributed by atoms with Crippen LogP contribution in [0.4, 0.5) is 11.6 Å². The van der Waals surface area contributed by atoms with Crippen LogP contribution in [-0.2, 0) is 19.5 Å². The van der Waals surface area contributed by atoms with E-state index in [4.69, 9.17) is 4.98 Å². The Bertz CT molecular complexity index is 1080. The predicted molar refractivity (Wildman–Crippen MR) is 114 cm³/mol. The summed E-state index contributed by atoms with van der Waals surface area (Å²) in [6.45, 7) is 2.01. The topological polar surface area (TPSA) is 54.3 Å². The molecule has 0 spiro atoms. The largest absolute Gasteiger partial charge is 0.298 e. The number of hydrogen-bond acceptors (Lipinski definition) is 6. The molecule has 0 N–H and O–H groups in total. The van der Waals surface area contributed by atoms with Crippen LogP contribution >= 0.6 is 12.6 Å². The van der Waals surface area contributed by atoms with E-state index < -0.39 is 0 Å². The van der Waals surface area contributed by atoms with Gasteiger partial charge in [-0.3, -0.25) is 19.2 Å². The lowest BCUT2D eigenvalue weighted by molar-refractivity contribution is 0.212. The van der Waals surface area contributed by atoms with Gasteiger partial charge < -0.3 is 0 Å². The van der Waals surface area contributed by atoms with Crippen LogP contribution in [0.5, 0.6) is 0 Å². The normalized spacial score (nSPS) is 16.8. The monoisotopic (exact) mass is 393 g/mol. The molecule has 1 aliphatic carbocycles. The molecule has 5 rings (SSSR count). The van der Waals surface area contributed by atoms with Crippen LogP contribution in [0.25, 0.3) is 11.0 Å². The van der Waals surface area contributed by atoms with Gasteiger partial charge in [0.25, 0.3) is 5.56 Å².